The van der Waals surface area contributed by atoms with E-state index in [0.29, 0.717) is 13.2 Å². The van der Waals surface area contributed by atoms with Crippen LogP contribution in [0.5, 0.6) is 5.75 Å². The maximum Gasteiger partial charge on any atom is 0.338 e. The molecule has 0 atom stereocenters. The second-order valence-corrected chi connectivity index (χ2v) is 9.17. The molecular formula is C23H30N2O6S. The second kappa shape index (κ2) is 10.8. The van der Waals surface area contributed by atoms with E-state index in [1.165, 1.54) is 29.6 Å². The summed E-state index contributed by atoms with van der Waals surface area (Å²) in [5, 5.41) is 0. The molecule has 0 bridgehead atoms. The molecule has 1 fully saturated rings. The number of hydrogen-bond acceptors (Lipinski definition) is 7. The summed E-state index contributed by atoms with van der Waals surface area (Å²) in [5.41, 5.74) is 2.05. The smallest absolute Gasteiger partial charge is 0.338 e. The van der Waals surface area contributed by atoms with Gasteiger partial charge in [0.2, 0.25) is 10.0 Å². The van der Waals surface area contributed by atoms with Crippen molar-refractivity contribution in [2.75, 3.05) is 51.4 Å². The first-order valence-corrected chi connectivity index (χ1v) is 12.1. The zero-order chi connectivity index (χ0) is 23.1. The molecule has 32 heavy (non-hydrogen) atoms. The van der Waals surface area contributed by atoms with Gasteiger partial charge in [-0.1, -0.05) is 18.2 Å². The number of rotatable bonds is 9. The quantitative estimate of drug-likeness (QED) is 0.530. The molecule has 0 aliphatic carbocycles. The maximum atomic E-state index is 13.1. The molecule has 1 aliphatic rings. The summed E-state index contributed by atoms with van der Waals surface area (Å²) in [6.45, 7) is 7.06. The van der Waals surface area contributed by atoms with E-state index in [1.54, 1.807) is 0 Å². The zero-order valence-corrected chi connectivity index (χ0v) is 19.6. The highest BCUT2D eigenvalue weighted by molar-refractivity contribution is 7.89. The number of anilines is 1. The SMILES string of the molecule is CCN(CC)c1ccccc1COC(=O)c1ccc(OC)c(S(=O)(=O)N2CCOCC2)c1. The lowest BCUT2D eigenvalue weighted by molar-refractivity contribution is 0.0473. The number of carbonyl (C=O) groups excluding carboxylic acids is 1. The summed E-state index contributed by atoms with van der Waals surface area (Å²) < 4.78 is 43.7. The van der Waals surface area contributed by atoms with Gasteiger partial charge >= 0.3 is 5.97 Å². The first-order chi connectivity index (χ1) is 15.4. The van der Waals surface area contributed by atoms with Crippen LogP contribution >= 0.6 is 0 Å². The van der Waals surface area contributed by atoms with Gasteiger partial charge in [-0.25, -0.2) is 13.2 Å². The van der Waals surface area contributed by atoms with E-state index in [2.05, 4.69) is 18.7 Å². The number of nitrogens with zero attached hydrogens (tertiary/aromatic N) is 2. The molecule has 0 amide bonds. The minimum Gasteiger partial charge on any atom is -0.495 e. The molecule has 0 aromatic heterocycles. The molecule has 8 nitrogen and oxygen atoms in total. The number of para-hydroxylation sites is 1. The Balaban J connectivity index is 1.82. The van der Waals surface area contributed by atoms with Crippen LogP contribution in [-0.4, -0.2) is 65.2 Å². The van der Waals surface area contributed by atoms with Crippen LogP contribution in [-0.2, 0) is 26.1 Å². The summed E-state index contributed by atoms with van der Waals surface area (Å²) >= 11 is 0. The third-order valence-corrected chi connectivity index (χ3v) is 7.36. The molecule has 0 unspecified atom stereocenters. The number of morpholine rings is 1. The van der Waals surface area contributed by atoms with E-state index in [0.717, 1.165) is 24.3 Å². The van der Waals surface area contributed by atoms with Crippen molar-refractivity contribution in [1.29, 1.82) is 0 Å². The lowest BCUT2D eigenvalue weighted by Gasteiger charge is -2.26. The number of benzene rings is 2. The summed E-state index contributed by atoms with van der Waals surface area (Å²) in [4.78, 5) is 14.9. The second-order valence-electron chi connectivity index (χ2n) is 7.26. The standard InChI is InChI=1S/C23H30N2O6S/c1-4-24(5-2)20-9-7-6-8-19(20)17-31-23(26)18-10-11-21(29-3)22(16-18)32(27,28)25-12-14-30-15-13-25/h6-11,16H,4-5,12-15,17H2,1-3H3. The van der Waals surface area contributed by atoms with Gasteiger partial charge in [-0.15, -0.1) is 0 Å². The number of hydrogen-bond donors (Lipinski definition) is 0. The number of sulfonamides is 1. The van der Waals surface area contributed by atoms with Crippen LogP contribution in [0.3, 0.4) is 0 Å². The highest BCUT2D eigenvalue weighted by Crippen LogP contribution is 2.29. The van der Waals surface area contributed by atoms with Crippen molar-refractivity contribution in [2.24, 2.45) is 0 Å². The first kappa shape index (κ1) is 24.0. The Hall–Kier alpha value is -2.62. The minimum absolute atomic E-state index is 0.0557. The Labute approximate surface area is 189 Å². The molecule has 3 rings (SSSR count). The average molecular weight is 463 g/mol. The summed E-state index contributed by atoms with van der Waals surface area (Å²) in [6, 6.07) is 12.1. The Morgan fingerprint density at radius 2 is 1.78 bits per heavy atom. The van der Waals surface area contributed by atoms with Crippen LogP contribution in [0.4, 0.5) is 5.69 Å². The Morgan fingerprint density at radius 1 is 1.09 bits per heavy atom. The molecule has 2 aromatic carbocycles. The lowest BCUT2D eigenvalue weighted by atomic mass is 10.1. The Morgan fingerprint density at radius 3 is 2.44 bits per heavy atom. The van der Waals surface area contributed by atoms with Crippen molar-refractivity contribution in [3.63, 3.8) is 0 Å². The van der Waals surface area contributed by atoms with Gasteiger partial charge in [0.05, 0.1) is 25.9 Å². The van der Waals surface area contributed by atoms with E-state index in [4.69, 9.17) is 14.2 Å². The number of esters is 1. The third kappa shape index (κ3) is 5.23. The van der Waals surface area contributed by atoms with Crippen LogP contribution in [0.15, 0.2) is 47.4 Å². The molecular weight excluding hydrogens is 432 g/mol. The highest BCUT2D eigenvalue weighted by atomic mass is 32.2. The van der Waals surface area contributed by atoms with Crippen molar-refractivity contribution < 1.29 is 27.4 Å². The molecule has 9 heteroatoms. The fourth-order valence-electron chi connectivity index (χ4n) is 3.66. The highest BCUT2D eigenvalue weighted by Gasteiger charge is 2.30. The molecule has 1 aliphatic heterocycles. The van der Waals surface area contributed by atoms with Crippen molar-refractivity contribution in [3.8, 4) is 5.75 Å². The third-order valence-electron chi connectivity index (χ3n) is 5.44. The molecule has 0 radical (unpaired) electrons. The largest absolute Gasteiger partial charge is 0.495 e. The number of methoxy groups -OCH3 is 1. The van der Waals surface area contributed by atoms with E-state index < -0.39 is 16.0 Å². The predicted octanol–water partition coefficient (Wildman–Crippen LogP) is 2.92. The van der Waals surface area contributed by atoms with Crippen LogP contribution in [0, 0.1) is 0 Å². The summed E-state index contributed by atoms with van der Waals surface area (Å²) in [7, 11) is -2.44. The normalized spacial score (nSPS) is 14.7. The molecule has 0 saturated carbocycles. The van der Waals surface area contributed by atoms with Crippen molar-refractivity contribution in [3.05, 3.63) is 53.6 Å². The van der Waals surface area contributed by atoms with Crippen molar-refractivity contribution in [2.45, 2.75) is 25.3 Å². The van der Waals surface area contributed by atoms with Crippen molar-refractivity contribution >= 4 is 21.7 Å². The molecule has 0 N–H and O–H groups in total. The fraction of sp³-hybridized carbons (Fsp3) is 0.435. The lowest BCUT2D eigenvalue weighted by Crippen LogP contribution is -2.40. The van der Waals surface area contributed by atoms with Crippen molar-refractivity contribution in [1.82, 2.24) is 4.31 Å². The minimum atomic E-state index is -3.84. The number of ether oxygens (including phenoxy) is 3. The van der Waals surface area contributed by atoms with Crippen LogP contribution < -0.4 is 9.64 Å². The fourth-order valence-corrected chi connectivity index (χ4v) is 5.25. The molecule has 2 aromatic rings. The number of carbonyl (C=O) groups is 1. The van der Waals surface area contributed by atoms with E-state index >= 15 is 0 Å². The average Bonchev–Trinajstić information content (AvgIpc) is 2.84. The first-order valence-electron chi connectivity index (χ1n) is 10.7. The van der Waals surface area contributed by atoms with E-state index in [-0.39, 0.29) is 35.9 Å². The van der Waals surface area contributed by atoms with Gasteiger partial charge in [0.15, 0.2) is 0 Å². The van der Waals surface area contributed by atoms with Gasteiger partial charge in [0.25, 0.3) is 0 Å². The van der Waals surface area contributed by atoms with Gasteiger partial charge in [0, 0.05) is 37.4 Å². The van der Waals surface area contributed by atoms with Crippen LogP contribution in [0.1, 0.15) is 29.8 Å². The van der Waals surface area contributed by atoms with Gasteiger partial charge in [-0.2, -0.15) is 4.31 Å². The predicted molar refractivity (Wildman–Crippen MR) is 122 cm³/mol. The monoisotopic (exact) mass is 462 g/mol. The Bertz CT molecular complexity index is 1030. The molecule has 0 spiro atoms. The van der Waals surface area contributed by atoms with Gasteiger partial charge in [-0.05, 0) is 38.1 Å². The van der Waals surface area contributed by atoms with Gasteiger partial charge < -0.3 is 19.1 Å². The summed E-state index contributed by atoms with van der Waals surface area (Å²) in [5.74, 6) is -0.416. The molecule has 1 heterocycles. The topological polar surface area (TPSA) is 85.4 Å². The van der Waals surface area contributed by atoms with E-state index in [1.807, 2.05) is 24.3 Å². The Kier molecular flexibility index (Phi) is 8.11. The van der Waals surface area contributed by atoms with E-state index in [9.17, 15) is 13.2 Å². The van der Waals surface area contributed by atoms with Crippen LogP contribution in [0.25, 0.3) is 0 Å². The van der Waals surface area contributed by atoms with Crippen LogP contribution in [0.2, 0.25) is 0 Å². The van der Waals surface area contributed by atoms with Gasteiger partial charge in [-0.3, -0.25) is 0 Å². The molecule has 174 valence electrons. The maximum absolute atomic E-state index is 13.1. The summed E-state index contributed by atoms with van der Waals surface area (Å²) in [6.07, 6.45) is 0. The molecule has 1 saturated heterocycles. The zero-order valence-electron chi connectivity index (χ0n) is 18.7. The van der Waals surface area contributed by atoms with Gasteiger partial charge in [0.1, 0.15) is 17.3 Å².